The highest BCUT2D eigenvalue weighted by Gasteiger charge is 2.25. The van der Waals surface area contributed by atoms with Crippen molar-refractivity contribution < 1.29 is 9.59 Å². The highest BCUT2D eigenvalue weighted by atomic mass is 32.1. The molecule has 1 fully saturated rings. The fraction of sp³-hybridized carbons (Fsp3) is 0.786. The van der Waals surface area contributed by atoms with Gasteiger partial charge in [0, 0.05) is 12.3 Å². The van der Waals surface area contributed by atoms with Crippen molar-refractivity contribution in [3.63, 3.8) is 0 Å². The monoisotopic (exact) mass is 299 g/mol. The predicted octanol–water partition coefficient (Wildman–Crippen LogP) is 1.88. The molecule has 6 heteroatoms. The highest BCUT2D eigenvalue weighted by Crippen LogP contribution is 2.28. The summed E-state index contributed by atoms with van der Waals surface area (Å²) >= 11 is 4.97. The van der Waals surface area contributed by atoms with Crippen molar-refractivity contribution in [2.45, 2.75) is 52.9 Å². The van der Waals surface area contributed by atoms with Gasteiger partial charge in [-0.25, -0.2) is 0 Å². The maximum atomic E-state index is 12.0. The van der Waals surface area contributed by atoms with E-state index in [1.54, 1.807) is 0 Å². The molecular weight excluding hydrogens is 274 g/mol. The molecule has 0 aromatic rings. The van der Waals surface area contributed by atoms with Gasteiger partial charge in [0.05, 0.1) is 0 Å². The van der Waals surface area contributed by atoms with E-state index < -0.39 is 0 Å². The topological polar surface area (TPSA) is 70.2 Å². The van der Waals surface area contributed by atoms with E-state index in [-0.39, 0.29) is 28.8 Å². The molecule has 2 amide bonds. The summed E-state index contributed by atoms with van der Waals surface area (Å²) < 4.78 is 0. The summed E-state index contributed by atoms with van der Waals surface area (Å²) in [5.74, 6) is 0.726. The van der Waals surface area contributed by atoms with Crippen LogP contribution in [0.25, 0.3) is 0 Å². The quantitative estimate of drug-likeness (QED) is 0.550. The number of hydrogen-bond donors (Lipinski definition) is 3. The second-order valence-corrected chi connectivity index (χ2v) is 6.47. The van der Waals surface area contributed by atoms with Crippen molar-refractivity contribution in [2.24, 2.45) is 17.8 Å². The molecule has 2 atom stereocenters. The number of hydrogen-bond acceptors (Lipinski definition) is 3. The van der Waals surface area contributed by atoms with Crippen molar-refractivity contribution in [3.05, 3.63) is 0 Å². The van der Waals surface area contributed by atoms with Gasteiger partial charge in [0.2, 0.25) is 11.8 Å². The van der Waals surface area contributed by atoms with Crippen LogP contribution in [0.5, 0.6) is 0 Å². The number of carbonyl (C=O) groups is 2. The summed E-state index contributed by atoms with van der Waals surface area (Å²) in [5, 5.41) is 2.69. The molecule has 0 heterocycles. The number of thiocarbonyl (C=S) groups is 1. The fourth-order valence-corrected chi connectivity index (χ4v) is 2.64. The zero-order chi connectivity index (χ0) is 15.1. The van der Waals surface area contributed by atoms with E-state index >= 15 is 0 Å². The lowest BCUT2D eigenvalue weighted by atomic mass is 9.82. The van der Waals surface area contributed by atoms with Gasteiger partial charge in [0.25, 0.3) is 0 Å². The van der Waals surface area contributed by atoms with Crippen molar-refractivity contribution in [1.29, 1.82) is 0 Å². The molecule has 1 rings (SSSR count). The molecule has 5 nitrogen and oxygen atoms in total. The Morgan fingerprint density at radius 3 is 2.55 bits per heavy atom. The molecule has 1 aliphatic rings. The summed E-state index contributed by atoms with van der Waals surface area (Å²) in [6.07, 6.45) is 4.54. The molecule has 2 unspecified atom stereocenters. The highest BCUT2D eigenvalue weighted by molar-refractivity contribution is 7.80. The summed E-state index contributed by atoms with van der Waals surface area (Å²) in [6, 6.07) is 0. The third-order valence-corrected chi connectivity index (χ3v) is 3.66. The fourth-order valence-electron chi connectivity index (χ4n) is 2.47. The molecule has 0 aliphatic heterocycles. The van der Waals surface area contributed by atoms with E-state index in [1.807, 2.05) is 13.8 Å². The largest absolute Gasteiger partial charge is 0.302 e. The lowest BCUT2D eigenvalue weighted by Crippen LogP contribution is -2.50. The molecule has 0 saturated heterocycles. The van der Waals surface area contributed by atoms with Gasteiger partial charge in [0.1, 0.15) is 0 Å². The average Bonchev–Trinajstić information content (AvgIpc) is 2.34. The van der Waals surface area contributed by atoms with Crippen molar-refractivity contribution in [2.75, 3.05) is 0 Å². The van der Waals surface area contributed by atoms with Crippen LogP contribution in [-0.4, -0.2) is 16.9 Å². The Bertz CT molecular complexity index is 371. The molecule has 0 bridgehead atoms. The molecule has 1 saturated carbocycles. The first-order valence-electron chi connectivity index (χ1n) is 7.28. The molecule has 20 heavy (non-hydrogen) atoms. The van der Waals surface area contributed by atoms with Gasteiger partial charge in [-0.3, -0.25) is 20.4 Å². The molecule has 3 N–H and O–H groups in total. The van der Waals surface area contributed by atoms with E-state index in [9.17, 15) is 9.59 Å². The maximum absolute atomic E-state index is 12.0. The molecule has 114 valence electrons. The summed E-state index contributed by atoms with van der Waals surface area (Å²) in [4.78, 5) is 23.5. The minimum atomic E-state index is -0.141. The van der Waals surface area contributed by atoms with Crippen molar-refractivity contribution >= 4 is 29.1 Å². The average molecular weight is 299 g/mol. The first-order chi connectivity index (χ1) is 9.38. The molecule has 0 radical (unpaired) electrons. The second-order valence-electron chi connectivity index (χ2n) is 6.06. The van der Waals surface area contributed by atoms with Gasteiger partial charge in [0.15, 0.2) is 5.11 Å². The lowest BCUT2D eigenvalue weighted by Gasteiger charge is -2.25. The third kappa shape index (κ3) is 6.32. The van der Waals surface area contributed by atoms with E-state index in [1.165, 1.54) is 6.42 Å². The first-order valence-corrected chi connectivity index (χ1v) is 7.69. The number of amides is 2. The van der Waals surface area contributed by atoms with E-state index in [0.717, 1.165) is 19.3 Å². The zero-order valence-electron chi connectivity index (χ0n) is 12.5. The second kappa shape index (κ2) is 8.19. The Kier molecular flexibility index (Phi) is 6.91. The summed E-state index contributed by atoms with van der Waals surface area (Å²) in [7, 11) is 0. The van der Waals surface area contributed by atoms with Gasteiger partial charge < -0.3 is 5.32 Å². The summed E-state index contributed by atoms with van der Waals surface area (Å²) in [5.41, 5.74) is 5.19. The minimum Gasteiger partial charge on any atom is -0.302 e. The Hall–Kier alpha value is -1.17. The number of hydrazine groups is 1. The molecule has 1 aliphatic carbocycles. The third-order valence-electron chi connectivity index (χ3n) is 3.45. The van der Waals surface area contributed by atoms with Crippen LogP contribution in [0.1, 0.15) is 52.9 Å². The standard InChI is InChI=1S/C14H25N3O2S/c1-9(2)7-12(18)15-14(20)17-16-13(19)11-6-4-5-10(3)8-11/h9-11H,4-8H2,1-3H3,(H,16,19)(H2,15,17,18,20). The van der Waals surface area contributed by atoms with Crippen LogP contribution in [-0.2, 0) is 9.59 Å². The Balaban J connectivity index is 2.26. The normalized spacial score (nSPS) is 22.2. The van der Waals surface area contributed by atoms with Crippen molar-refractivity contribution in [3.8, 4) is 0 Å². The Morgan fingerprint density at radius 1 is 1.25 bits per heavy atom. The van der Waals surface area contributed by atoms with Crippen LogP contribution in [0.4, 0.5) is 0 Å². The number of rotatable bonds is 3. The van der Waals surface area contributed by atoms with Crippen LogP contribution < -0.4 is 16.2 Å². The van der Waals surface area contributed by atoms with Crippen LogP contribution in [0.15, 0.2) is 0 Å². The summed E-state index contributed by atoms with van der Waals surface area (Å²) in [6.45, 7) is 6.09. The molecular formula is C14H25N3O2S. The van der Waals surface area contributed by atoms with Crippen LogP contribution >= 0.6 is 12.2 Å². The van der Waals surface area contributed by atoms with Gasteiger partial charge in [-0.1, -0.05) is 33.6 Å². The van der Waals surface area contributed by atoms with Crippen molar-refractivity contribution in [1.82, 2.24) is 16.2 Å². The number of carbonyl (C=O) groups excluding carboxylic acids is 2. The maximum Gasteiger partial charge on any atom is 0.241 e. The molecule has 0 spiro atoms. The zero-order valence-corrected chi connectivity index (χ0v) is 13.3. The Morgan fingerprint density at radius 2 is 1.95 bits per heavy atom. The van der Waals surface area contributed by atoms with Crippen LogP contribution in [0.3, 0.4) is 0 Å². The first kappa shape index (κ1) is 16.9. The van der Waals surface area contributed by atoms with Crippen LogP contribution in [0, 0.1) is 17.8 Å². The predicted molar refractivity (Wildman–Crippen MR) is 82.6 cm³/mol. The lowest BCUT2D eigenvalue weighted by molar-refractivity contribution is -0.127. The van der Waals surface area contributed by atoms with Gasteiger partial charge in [-0.05, 0) is 36.9 Å². The van der Waals surface area contributed by atoms with E-state index in [4.69, 9.17) is 12.2 Å². The molecule has 0 aromatic heterocycles. The SMILES string of the molecule is CC(C)CC(=O)NC(=S)NNC(=O)C1CCCC(C)C1. The van der Waals surface area contributed by atoms with E-state index in [0.29, 0.717) is 12.3 Å². The van der Waals surface area contributed by atoms with Gasteiger partial charge in [-0.2, -0.15) is 0 Å². The minimum absolute atomic E-state index is 0.0421. The van der Waals surface area contributed by atoms with Crippen LogP contribution in [0.2, 0.25) is 0 Å². The van der Waals surface area contributed by atoms with Gasteiger partial charge in [-0.15, -0.1) is 0 Å². The Labute approximate surface area is 126 Å². The molecule has 0 aromatic carbocycles. The number of nitrogens with one attached hydrogen (secondary N) is 3. The van der Waals surface area contributed by atoms with E-state index in [2.05, 4.69) is 23.1 Å². The smallest absolute Gasteiger partial charge is 0.241 e. The van der Waals surface area contributed by atoms with Gasteiger partial charge >= 0.3 is 0 Å².